The molecule has 0 bridgehead atoms. The van der Waals surface area contributed by atoms with Crippen molar-refractivity contribution < 1.29 is 8.57 Å². The minimum Gasteiger partial charge on any atom is -0.333 e. The molecule has 0 heterocycles. The van der Waals surface area contributed by atoms with E-state index in [9.17, 15) is 4.39 Å². The Morgan fingerprint density at radius 2 is 1.74 bits per heavy atom. The standard InChI is InChI=1S/C8H13FOS.C6H8.CH5N/c1-3-8(9)6-5-7-11-10-4-2;1-3-5-6-4-2;1-2/h3,5,7-8H,1,4,6H2,2H3;3-6H,1-2H2;2H2,1H3/b7-5+;6-5-;. The van der Waals surface area contributed by atoms with Gasteiger partial charge < -0.3 is 9.92 Å². The van der Waals surface area contributed by atoms with Crippen LogP contribution in [-0.2, 0) is 4.18 Å². The van der Waals surface area contributed by atoms with Gasteiger partial charge in [0.15, 0.2) is 0 Å². The van der Waals surface area contributed by atoms with Crippen molar-refractivity contribution in [3.05, 3.63) is 61.6 Å². The lowest BCUT2D eigenvalue weighted by Crippen LogP contribution is -1.89. The van der Waals surface area contributed by atoms with E-state index in [2.05, 4.69) is 25.5 Å². The Bertz CT molecular complexity index is 243. The lowest BCUT2D eigenvalue weighted by Gasteiger charge is -1.94. The number of allylic oxidation sites excluding steroid dienone is 6. The quantitative estimate of drug-likeness (QED) is 0.307. The van der Waals surface area contributed by atoms with Crippen LogP contribution in [0.25, 0.3) is 0 Å². The van der Waals surface area contributed by atoms with Crippen LogP contribution in [0.1, 0.15) is 13.3 Å². The van der Waals surface area contributed by atoms with Gasteiger partial charge >= 0.3 is 0 Å². The summed E-state index contributed by atoms with van der Waals surface area (Å²) in [5.74, 6) is 0. The molecule has 0 aliphatic rings. The summed E-state index contributed by atoms with van der Waals surface area (Å²) >= 11 is 1.22. The van der Waals surface area contributed by atoms with E-state index in [0.29, 0.717) is 13.0 Å². The van der Waals surface area contributed by atoms with Gasteiger partial charge in [0.2, 0.25) is 0 Å². The predicted octanol–water partition coefficient (Wildman–Crippen LogP) is 4.59. The molecular formula is C15H26FNOS. The van der Waals surface area contributed by atoms with Gasteiger partial charge in [0.05, 0.1) is 6.61 Å². The lowest BCUT2D eigenvalue weighted by molar-refractivity contribution is 0.402. The maximum absolute atomic E-state index is 12.4. The van der Waals surface area contributed by atoms with Gasteiger partial charge in [-0.1, -0.05) is 49.6 Å². The zero-order chi connectivity index (χ0) is 15.4. The summed E-state index contributed by atoms with van der Waals surface area (Å²) in [4.78, 5) is 0. The van der Waals surface area contributed by atoms with E-state index in [1.54, 1.807) is 23.6 Å². The molecule has 0 saturated heterocycles. The van der Waals surface area contributed by atoms with Gasteiger partial charge in [0.25, 0.3) is 0 Å². The molecule has 0 amide bonds. The van der Waals surface area contributed by atoms with Gasteiger partial charge in [0.1, 0.15) is 6.17 Å². The van der Waals surface area contributed by atoms with E-state index in [1.807, 2.05) is 19.1 Å². The molecule has 0 radical (unpaired) electrons. The summed E-state index contributed by atoms with van der Waals surface area (Å²) in [7, 11) is 1.50. The minimum absolute atomic E-state index is 0.379. The Hall–Kier alpha value is -1.10. The van der Waals surface area contributed by atoms with Crippen molar-refractivity contribution in [1.29, 1.82) is 0 Å². The maximum Gasteiger partial charge on any atom is 0.121 e. The molecule has 0 saturated carbocycles. The molecule has 1 unspecified atom stereocenters. The Labute approximate surface area is 121 Å². The molecule has 0 fully saturated rings. The van der Waals surface area contributed by atoms with Crippen LogP contribution in [0.4, 0.5) is 4.39 Å². The number of halogens is 1. The Kier molecular flexibility index (Phi) is 31.1. The third-order valence-electron chi connectivity index (χ3n) is 1.34. The fourth-order valence-corrected chi connectivity index (χ4v) is 0.990. The number of alkyl halides is 1. The number of rotatable bonds is 8. The minimum atomic E-state index is -0.937. The number of hydrogen-bond acceptors (Lipinski definition) is 3. The van der Waals surface area contributed by atoms with E-state index in [-0.39, 0.29) is 0 Å². The van der Waals surface area contributed by atoms with E-state index < -0.39 is 6.17 Å². The molecule has 0 aliphatic carbocycles. The monoisotopic (exact) mass is 287 g/mol. The molecule has 0 spiro atoms. The van der Waals surface area contributed by atoms with E-state index >= 15 is 0 Å². The molecule has 2 nitrogen and oxygen atoms in total. The highest BCUT2D eigenvalue weighted by atomic mass is 32.2. The van der Waals surface area contributed by atoms with E-state index in [4.69, 9.17) is 4.18 Å². The highest BCUT2D eigenvalue weighted by Crippen LogP contribution is 2.06. The third-order valence-corrected chi connectivity index (χ3v) is 2.01. The molecule has 0 aromatic rings. The number of nitrogens with two attached hydrogens (primary N) is 1. The summed E-state index contributed by atoms with van der Waals surface area (Å²) in [6.07, 6.45) is 9.53. The summed E-state index contributed by atoms with van der Waals surface area (Å²) in [5, 5.41) is 1.74. The summed E-state index contributed by atoms with van der Waals surface area (Å²) < 4.78 is 17.4. The van der Waals surface area contributed by atoms with Crippen molar-refractivity contribution in [2.45, 2.75) is 19.5 Å². The van der Waals surface area contributed by atoms with Crippen LogP contribution in [0.2, 0.25) is 0 Å². The number of hydrogen-bond donors (Lipinski definition) is 1. The third kappa shape index (κ3) is 31.6. The van der Waals surface area contributed by atoms with E-state index in [1.165, 1.54) is 25.2 Å². The average Bonchev–Trinajstić information content (AvgIpc) is 2.47. The molecule has 19 heavy (non-hydrogen) atoms. The van der Waals surface area contributed by atoms with Gasteiger partial charge in [-0.05, 0) is 19.4 Å². The Morgan fingerprint density at radius 1 is 1.21 bits per heavy atom. The summed E-state index contributed by atoms with van der Waals surface area (Å²) in [5.41, 5.74) is 4.50. The fraction of sp³-hybridized carbons (Fsp3) is 0.333. The topological polar surface area (TPSA) is 35.2 Å². The first-order valence-electron chi connectivity index (χ1n) is 5.90. The van der Waals surface area contributed by atoms with Gasteiger partial charge in [-0.15, -0.1) is 6.58 Å². The predicted molar refractivity (Wildman–Crippen MR) is 87.7 cm³/mol. The molecule has 4 heteroatoms. The molecule has 1 atom stereocenters. The van der Waals surface area contributed by atoms with Crippen LogP contribution in [0.3, 0.4) is 0 Å². The average molecular weight is 287 g/mol. The Morgan fingerprint density at radius 3 is 2.11 bits per heavy atom. The maximum atomic E-state index is 12.4. The van der Waals surface area contributed by atoms with Gasteiger partial charge in [-0.2, -0.15) is 0 Å². The van der Waals surface area contributed by atoms with Crippen molar-refractivity contribution >= 4 is 12.0 Å². The summed E-state index contributed by atoms with van der Waals surface area (Å²) in [6, 6.07) is 0. The zero-order valence-electron chi connectivity index (χ0n) is 11.9. The lowest BCUT2D eigenvalue weighted by atomic mass is 10.3. The fourth-order valence-electron chi connectivity index (χ4n) is 0.586. The molecule has 110 valence electrons. The molecule has 0 aliphatic heterocycles. The van der Waals surface area contributed by atoms with Crippen molar-refractivity contribution in [3.63, 3.8) is 0 Å². The first-order valence-corrected chi connectivity index (χ1v) is 6.71. The zero-order valence-corrected chi connectivity index (χ0v) is 12.7. The highest BCUT2D eigenvalue weighted by Gasteiger charge is 1.94. The van der Waals surface area contributed by atoms with Crippen LogP contribution < -0.4 is 5.73 Å². The second kappa shape index (κ2) is 25.7. The van der Waals surface area contributed by atoms with E-state index in [0.717, 1.165) is 0 Å². The van der Waals surface area contributed by atoms with Crippen LogP contribution in [-0.4, -0.2) is 19.8 Å². The molecular weight excluding hydrogens is 261 g/mol. The van der Waals surface area contributed by atoms with Gasteiger partial charge in [-0.3, -0.25) is 0 Å². The Balaban J connectivity index is -0.000000271. The van der Waals surface area contributed by atoms with Crippen LogP contribution >= 0.6 is 12.0 Å². The van der Waals surface area contributed by atoms with Crippen LogP contribution in [0, 0.1) is 0 Å². The summed E-state index contributed by atoms with van der Waals surface area (Å²) in [6.45, 7) is 12.8. The molecule has 0 aromatic carbocycles. The normalized spacial score (nSPS) is 10.9. The van der Waals surface area contributed by atoms with Crippen molar-refractivity contribution in [2.75, 3.05) is 13.7 Å². The highest BCUT2D eigenvalue weighted by molar-refractivity contribution is 7.97. The van der Waals surface area contributed by atoms with Gasteiger partial charge in [0, 0.05) is 18.5 Å². The smallest absolute Gasteiger partial charge is 0.121 e. The van der Waals surface area contributed by atoms with Crippen LogP contribution in [0.15, 0.2) is 61.6 Å². The first kappa shape index (κ1) is 23.0. The van der Waals surface area contributed by atoms with Gasteiger partial charge in [-0.25, -0.2) is 4.39 Å². The second-order valence-corrected chi connectivity index (χ2v) is 3.42. The molecule has 0 aromatic heterocycles. The first-order chi connectivity index (χ1) is 9.22. The van der Waals surface area contributed by atoms with Crippen molar-refractivity contribution in [2.24, 2.45) is 5.73 Å². The van der Waals surface area contributed by atoms with Crippen molar-refractivity contribution in [3.8, 4) is 0 Å². The SMILES string of the molecule is C=C/C=C\C=C.C=CC(F)C/C=C/SOCC.CN. The second-order valence-electron chi connectivity index (χ2n) is 2.72. The largest absolute Gasteiger partial charge is 0.333 e. The van der Waals surface area contributed by atoms with Crippen LogP contribution in [0.5, 0.6) is 0 Å². The molecule has 2 N–H and O–H groups in total. The molecule has 0 rings (SSSR count). The van der Waals surface area contributed by atoms with Crippen molar-refractivity contribution in [1.82, 2.24) is 0 Å².